The van der Waals surface area contributed by atoms with Crippen LogP contribution in [0.3, 0.4) is 0 Å². The SMILES string of the molecule is CC1CCCN(C2=NC(=O)/C(=C/c3ccc(Cl)cc3)S2)C1. The van der Waals surface area contributed by atoms with E-state index in [0.717, 1.165) is 23.8 Å². The molecule has 0 radical (unpaired) electrons. The number of carbonyl (C=O) groups excluding carboxylic acids is 1. The summed E-state index contributed by atoms with van der Waals surface area (Å²) in [6.07, 6.45) is 4.31. The first-order valence-corrected chi connectivity index (χ1v) is 8.34. The van der Waals surface area contributed by atoms with Gasteiger partial charge < -0.3 is 4.90 Å². The van der Waals surface area contributed by atoms with Gasteiger partial charge in [0.2, 0.25) is 0 Å². The van der Waals surface area contributed by atoms with Gasteiger partial charge in [-0.3, -0.25) is 4.79 Å². The standard InChI is InChI=1S/C16H17ClN2OS/c1-11-3-2-8-19(10-11)16-18-15(20)14(21-16)9-12-4-6-13(17)7-5-12/h4-7,9,11H,2-3,8,10H2,1H3/b14-9-. The van der Waals surface area contributed by atoms with E-state index in [4.69, 9.17) is 11.6 Å². The Kier molecular flexibility index (Phi) is 4.36. The average molecular weight is 321 g/mol. The van der Waals surface area contributed by atoms with Crippen molar-refractivity contribution in [1.29, 1.82) is 0 Å². The Morgan fingerprint density at radius 1 is 1.38 bits per heavy atom. The van der Waals surface area contributed by atoms with Gasteiger partial charge in [-0.25, -0.2) is 0 Å². The molecule has 1 unspecified atom stereocenters. The Morgan fingerprint density at radius 2 is 2.14 bits per heavy atom. The minimum Gasteiger partial charge on any atom is -0.351 e. The Labute approximate surface area is 134 Å². The summed E-state index contributed by atoms with van der Waals surface area (Å²) in [6, 6.07) is 7.46. The van der Waals surface area contributed by atoms with E-state index in [1.807, 2.05) is 30.3 Å². The highest BCUT2D eigenvalue weighted by atomic mass is 35.5. The molecular weight excluding hydrogens is 304 g/mol. The van der Waals surface area contributed by atoms with Crippen LogP contribution in [0.2, 0.25) is 5.02 Å². The minimum atomic E-state index is -0.136. The summed E-state index contributed by atoms with van der Waals surface area (Å²) in [6.45, 7) is 4.24. The topological polar surface area (TPSA) is 32.7 Å². The molecular formula is C16H17ClN2OS. The van der Waals surface area contributed by atoms with Crippen LogP contribution in [0.15, 0.2) is 34.2 Å². The second kappa shape index (κ2) is 6.24. The van der Waals surface area contributed by atoms with Crippen LogP contribution in [0, 0.1) is 5.92 Å². The predicted molar refractivity (Wildman–Crippen MR) is 89.4 cm³/mol. The van der Waals surface area contributed by atoms with Gasteiger partial charge in [-0.05, 0) is 54.3 Å². The summed E-state index contributed by atoms with van der Waals surface area (Å²) in [7, 11) is 0. The number of thioether (sulfide) groups is 1. The van der Waals surface area contributed by atoms with Crippen LogP contribution in [-0.4, -0.2) is 29.1 Å². The van der Waals surface area contributed by atoms with E-state index < -0.39 is 0 Å². The molecule has 0 N–H and O–H groups in total. The number of piperidine rings is 1. The minimum absolute atomic E-state index is 0.136. The number of rotatable bonds is 1. The highest BCUT2D eigenvalue weighted by molar-refractivity contribution is 8.18. The zero-order valence-corrected chi connectivity index (χ0v) is 13.5. The van der Waals surface area contributed by atoms with E-state index in [1.54, 1.807) is 0 Å². The number of aliphatic imine (C=N–C) groups is 1. The lowest BCUT2D eigenvalue weighted by atomic mass is 10.0. The molecule has 2 aliphatic rings. The highest BCUT2D eigenvalue weighted by Crippen LogP contribution is 2.32. The van der Waals surface area contributed by atoms with Crippen LogP contribution in [0.4, 0.5) is 0 Å². The Morgan fingerprint density at radius 3 is 2.86 bits per heavy atom. The second-order valence-electron chi connectivity index (χ2n) is 5.56. The van der Waals surface area contributed by atoms with Gasteiger partial charge in [0.05, 0.1) is 4.91 Å². The number of halogens is 1. The summed E-state index contributed by atoms with van der Waals surface area (Å²) in [5, 5.41) is 1.55. The van der Waals surface area contributed by atoms with Gasteiger partial charge in [-0.2, -0.15) is 4.99 Å². The maximum atomic E-state index is 12.1. The Balaban J connectivity index is 1.73. The number of amides is 1. The number of nitrogens with zero attached hydrogens (tertiary/aromatic N) is 2. The molecule has 3 rings (SSSR count). The number of hydrogen-bond donors (Lipinski definition) is 0. The second-order valence-corrected chi connectivity index (χ2v) is 7.00. The fraction of sp³-hybridized carbons (Fsp3) is 0.375. The van der Waals surface area contributed by atoms with E-state index in [-0.39, 0.29) is 5.91 Å². The third-order valence-electron chi connectivity index (χ3n) is 3.70. The van der Waals surface area contributed by atoms with Crippen molar-refractivity contribution >= 4 is 40.5 Å². The smallest absolute Gasteiger partial charge is 0.286 e. The van der Waals surface area contributed by atoms with E-state index in [9.17, 15) is 4.79 Å². The first-order valence-electron chi connectivity index (χ1n) is 7.15. The van der Waals surface area contributed by atoms with Crippen LogP contribution < -0.4 is 0 Å². The molecule has 1 fully saturated rings. The quantitative estimate of drug-likeness (QED) is 0.732. The van der Waals surface area contributed by atoms with Crippen molar-refractivity contribution < 1.29 is 4.79 Å². The van der Waals surface area contributed by atoms with Crippen molar-refractivity contribution in [3.63, 3.8) is 0 Å². The molecule has 0 saturated carbocycles. The van der Waals surface area contributed by atoms with Gasteiger partial charge in [0.1, 0.15) is 0 Å². The molecule has 21 heavy (non-hydrogen) atoms. The lowest BCUT2D eigenvalue weighted by Gasteiger charge is -2.31. The van der Waals surface area contributed by atoms with Gasteiger partial charge in [0, 0.05) is 18.1 Å². The molecule has 0 aromatic heterocycles. The number of amidine groups is 1. The first-order chi connectivity index (χ1) is 10.1. The fourth-order valence-corrected chi connectivity index (χ4v) is 3.68. The number of benzene rings is 1. The predicted octanol–water partition coefficient (Wildman–Crippen LogP) is 4.04. The Bertz CT molecular complexity index is 609. The third kappa shape index (κ3) is 3.50. The molecule has 3 nitrogen and oxygen atoms in total. The van der Waals surface area contributed by atoms with Gasteiger partial charge in [0.25, 0.3) is 5.91 Å². The lowest BCUT2D eigenvalue weighted by molar-refractivity contribution is -0.113. The number of hydrogen-bond acceptors (Lipinski definition) is 3. The van der Waals surface area contributed by atoms with Crippen molar-refractivity contribution in [1.82, 2.24) is 4.90 Å². The molecule has 1 atom stereocenters. The van der Waals surface area contributed by atoms with E-state index in [1.165, 1.54) is 24.6 Å². The lowest BCUT2D eigenvalue weighted by Crippen LogP contribution is -2.37. The molecule has 1 aromatic carbocycles. The molecule has 0 spiro atoms. The van der Waals surface area contributed by atoms with Gasteiger partial charge in [-0.1, -0.05) is 30.7 Å². The highest BCUT2D eigenvalue weighted by Gasteiger charge is 2.28. The van der Waals surface area contributed by atoms with E-state index in [2.05, 4.69) is 16.8 Å². The summed E-state index contributed by atoms with van der Waals surface area (Å²) >= 11 is 7.35. The molecule has 5 heteroatoms. The Hall–Kier alpha value is -1.26. The van der Waals surface area contributed by atoms with Crippen molar-refractivity contribution in [2.75, 3.05) is 13.1 Å². The van der Waals surface area contributed by atoms with Crippen LogP contribution in [-0.2, 0) is 4.79 Å². The van der Waals surface area contributed by atoms with Crippen molar-refractivity contribution in [3.8, 4) is 0 Å². The molecule has 1 amide bonds. The van der Waals surface area contributed by atoms with Crippen LogP contribution in [0.1, 0.15) is 25.3 Å². The summed E-state index contributed by atoms with van der Waals surface area (Å²) in [5.41, 5.74) is 0.971. The molecule has 1 aromatic rings. The maximum Gasteiger partial charge on any atom is 0.286 e. The summed E-state index contributed by atoms with van der Waals surface area (Å²) in [4.78, 5) is 19.2. The largest absolute Gasteiger partial charge is 0.351 e. The van der Waals surface area contributed by atoms with Crippen LogP contribution in [0.25, 0.3) is 6.08 Å². The van der Waals surface area contributed by atoms with Gasteiger partial charge in [0.15, 0.2) is 5.17 Å². The fourth-order valence-electron chi connectivity index (χ4n) is 2.61. The molecule has 2 heterocycles. The van der Waals surface area contributed by atoms with E-state index >= 15 is 0 Å². The zero-order valence-electron chi connectivity index (χ0n) is 11.9. The van der Waals surface area contributed by atoms with Crippen LogP contribution in [0.5, 0.6) is 0 Å². The van der Waals surface area contributed by atoms with E-state index in [0.29, 0.717) is 15.8 Å². The molecule has 110 valence electrons. The average Bonchev–Trinajstić information content (AvgIpc) is 2.83. The van der Waals surface area contributed by atoms with Crippen LogP contribution >= 0.6 is 23.4 Å². The first kappa shape index (κ1) is 14.7. The molecule has 1 saturated heterocycles. The number of carbonyl (C=O) groups is 1. The van der Waals surface area contributed by atoms with Gasteiger partial charge in [-0.15, -0.1) is 0 Å². The zero-order chi connectivity index (χ0) is 14.8. The van der Waals surface area contributed by atoms with Crippen molar-refractivity contribution in [2.24, 2.45) is 10.9 Å². The monoisotopic (exact) mass is 320 g/mol. The summed E-state index contributed by atoms with van der Waals surface area (Å²) in [5.74, 6) is 0.532. The normalized spacial score (nSPS) is 24.6. The maximum absolute atomic E-state index is 12.1. The third-order valence-corrected chi connectivity index (χ3v) is 5.00. The molecule has 0 bridgehead atoms. The van der Waals surface area contributed by atoms with Gasteiger partial charge >= 0.3 is 0 Å². The molecule has 2 aliphatic heterocycles. The molecule has 0 aliphatic carbocycles. The van der Waals surface area contributed by atoms with Crippen molar-refractivity contribution in [2.45, 2.75) is 19.8 Å². The number of likely N-dealkylation sites (tertiary alicyclic amines) is 1. The summed E-state index contributed by atoms with van der Waals surface area (Å²) < 4.78 is 0. The van der Waals surface area contributed by atoms with Crippen molar-refractivity contribution in [3.05, 3.63) is 39.8 Å².